The molecule has 0 bridgehead atoms. The van der Waals surface area contributed by atoms with Gasteiger partial charge in [-0.2, -0.15) is 4.31 Å². The summed E-state index contributed by atoms with van der Waals surface area (Å²) in [4.78, 5) is 37.0. The third-order valence-electron chi connectivity index (χ3n) is 5.15. The van der Waals surface area contributed by atoms with E-state index < -0.39 is 27.9 Å². The highest BCUT2D eigenvalue weighted by molar-refractivity contribution is 7.89. The maximum absolute atomic E-state index is 13.1. The van der Waals surface area contributed by atoms with E-state index in [4.69, 9.17) is 14.2 Å². The molecular weight excluding hydrogens is 452 g/mol. The molecule has 0 spiro atoms. The van der Waals surface area contributed by atoms with E-state index >= 15 is 0 Å². The predicted octanol–water partition coefficient (Wildman–Crippen LogP) is 2.31. The molecule has 0 saturated carbocycles. The van der Waals surface area contributed by atoms with Gasteiger partial charge < -0.3 is 19.5 Å². The Morgan fingerprint density at radius 2 is 1.45 bits per heavy atom. The average Bonchev–Trinajstić information content (AvgIpc) is 3.38. The number of esters is 2. The number of amides is 1. The second-order valence-electron chi connectivity index (χ2n) is 7.21. The van der Waals surface area contributed by atoms with Crippen molar-refractivity contribution in [1.29, 1.82) is 0 Å². The lowest BCUT2D eigenvalue weighted by atomic mass is 10.1. The van der Waals surface area contributed by atoms with Crippen molar-refractivity contribution in [3.63, 3.8) is 0 Å². The number of nitrogens with zero attached hydrogens (tertiary/aromatic N) is 1. The molecule has 1 amide bonds. The topological polar surface area (TPSA) is 128 Å². The van der Waals surface area contributed by atoms with Gasteiger partial charge in [0.1, 0.15) is 5.75 Å². The number of carbonyl (C=O) groups excluding carboxylic acids is 3. The highest BCUT2D eigenvalue weighted by Crippen LogP contribution is 2.27. The molecule has 1 aliphatic heterocycles. The summed E-state index contributed by atoms with van der Waals surface area (Å²) >= 11 is 0. The molecular formula is C22H24N2O8S. The molecule has 11 heteroatoms. The third-order valence-corrected chi connectivity index (χ3v) is 7.05. The van der Waals surface area contributed by atoms with E-state index in [1.54, 1.807) is 0 Å². The Bertz CT molecular complexity index is 1150. The summed E-state index contributed by atoms with van der Waals surface area (Å²) in [5.74, 6) is -1.96. The number of nitrogens with one attached hydrogen (secondary N) is 1. The number of carbonyl (C=O) groups is 3. The normalized spacial score (nSPS) is 13.9. The Hall–Kier alpha value is -3.44. The van der Waals surface area contributed by atoms with Crippen LogP contribution < -0.4 is 10.1 Å². The smallest absolute Gasteiger partial charge is 0.337 e. The first-order chi connectivity index (χ1) is 15.7. The summed E-state index contributed by atoms with van der Waals surface area (Å²) < 4.78 is 41.8. The van der Waals surface area contributed by atoms with Crippen LogP contribution in [0.3, 0.4) is 0 Å². The molecule has 33 heavy (non-hydrogen) atoms. The van der Waals surface area contributed by atoms with Crippen molar-refractivity contribution in [2.45, 2.75) is 17.7 Å². The summed E-state index contributed by atoms with van der Waals surface area (Å²) in [7, 11) is -0.0385. The Morgan fingerprint density at radius 1 is 0.879 bits per heavy atom. The van der Waals surface area contributed by atoms with Gasteiger partial charge in [0.25, 0.3) is 5.91 Å². The molecule has 10 nitrogen and oxygen atoms in total. The number of hydrogen-bond acceptors (Lipinski definition) is 8. The Balaban J connectivity index is 1.98. The molecule has 0 aromatic heterocycles. The van der Waals surface area contributed by atoms with Gasteiger partial charge in [-0.25, -0.2) is 18.0 Å². The number of ether oxygens (including phenoxy) is 3. The minimum Gasteiger partial charge on any atom is -0.496 e. The summed E-state index contributed by atoms with van der Waals surface area (Å²) in [5, 5.41) is 2.58. The van der Waals surface area contributed by atoms with Crippen LogP contribution in [0.15, 0.2) is 41.3 Å². The zero-order valence-corrected chi connectivity index (χ0v) is 19.2. The summed E-state index contributed by atoms with van der Waals surface area (Å²) in [6.07, 6.45) is 1.56. The standard InChI is InChI=1S/C22H24N2O8S/c1-30-19-7-6-17(33(28,29)24-8-4-5-9-24)13-18(19)20(25)23-16-11-14(21(26)31-2)10-15(12-16)22(27)32-3/h6-7,10-13H,4-5,8-9H2,1-3H3,(H,23,25). The van der Waals surface area contributed by atoms with Crippen LogP contribution in [-0.4, -0.2) is 65.0 Å². The first-order valence-corrected chi connectivity index (χ1v) is 11.5. The highest BCUT2D eigenvalue weighted by atomic mass is 32.2. The number of methoxy groups -OCH3 is 3. The Morgan fingerprint density at radius 3 is 1.97 bits per heavy atom. The minimum atomic E-state index is -3.76. The van der Waals surface area contributed by atoms with Crippen LogP contribution in [0.4, 0.5) is 5.69 Å². The number of hydrogen-bond donors (Lipinski definition) is 1. The number of sulfonamides is 1. The van der Waals surface area contributed by atoms with Crippen LogP contribution >= 0.6 is 0 Å². The largest absolute Gasteiger partial charge is 0.496 e. The summed E-state index contributed by atoms with van der Waals surface area (Å²) in [5.41, 5.74) is 0.125. The van der Waals surface area contributed by atoms with Gasteiger partial charge in [-0.05, 0) is 49.2 Å². The van der Waals surface area contributed by atoms with Crippen molar-refractivity contribution in [2.75, 3.05) is 39.7 Å². The number of benzene rings is 2. The monoisotopic (exact) mass is 476 g/mol. The van der Waals surface area contributed by atoms with Crippen molar-refractivity contribution < 1.29 is 37.0 Å². The average molecular weight is 477 g/mol. The van der Waals surface area contributed by atoms with Gasteiger partial charge in [0.05, 0.1) is 42.9 Å². The lowest BCUT2D eigenvalue weighted by Gasteiger charge is -2.17. The van der Waals surface area contributed by atoms with E-state index in [1.807, 2.05) is 0 Å². The molecule has 176 valence electrons. The van der Waals surface area contributed by atoms with E-state index in [9.17, 15) is 22.8 Å². The van der Waals surface area contributed by atoms with Crippen LogP contribution in [0, 0.1) is 0 Å². The molecule has 0 aliphatic carbocycles. The van der Waals surface area contributed by atoms with Gasteiger partial charge >= 0.3 is 11.9 Å². The van der Waals surface area contributed by atoms with Gasteiger partial charge in [-0.3, -0.25) is 4.79 Å². The van der Waals surface area contributed by atoms with Gasteiger partial charge in [0, 0.05) is 18.8 Å². The van der Waals surface area contributed by atoms with Crippen LogP contribution in [0.2, 0.25) is 0 Å². The molecule has 2 aromatic rings. The first kappa shape index (κ1) is 24.2. The predicted molar refractivity (Wildman–Crippen MR) is 118 cm³/mol. The Kier molecular flexibility index (Phi) is 7.34. The van der Waals surface area contributed by atoms with E-state index in [2.05, 4.69) is 5.32 Å². The molecule has 0 radical (unpaired) electrons. The molecule has 1 aliphatic rings. The quantitative estimate of drug-likeness (QED) is 0.603. The van der Waals surface area contributed by atoms with E-state index in [0.29, 0.717) is 13.1 Å². The molecule has 1 saturated heterocycles. The third kappa shape index (κ3) is 5.15. The zero-order valence-electron chi connectivity index (χ0n) is 18.4. The van der Waals surface area contributed by atoms with Crippen molar-refractivity contribution in [3.05, 3.63) is 53.1 Å². The van der Waals surface area contributed by atoms with Crippen molar-refractivity contribution in [3.8, 4) is 5.75 Å². The SMILES string of the molecule is COC(=O)c1cc(NC(=O)c2cc(S(=O)(=O)N3CCCC3)ccc2OC)cc(C(=O)OC)c1. The van der Waals surface area contributed by atoms with Crippen LogP contribution in [-0.2, 0) is 19.5 Å². The highest BCUT2D eigenvalue weighted by Gasteiger charge is 2.29. The molecule has 1 N–H and O–H groups in total. The second-order valence-corrected chi connectivity index (χ2v) is 9.15. The minimum absolute atomic E-state index is 0.0213. The van der Waals surface area contributed by atoms with Gasteiger partial charge in [-0.1, -0.05) is 0 Å². The fourth-order valence-electron chi connectivity index (χ4n) is 3.47. The second kappa shape index (κ2) is 10.0. The molecule has 1 fully saturated rings. The van der Waals surface area contributed by atoms with Crippen molar-refractivity contribution >= 4 is 33.6 Å². The lowest BCUT2D eigenvalue weighted by molar-refractivity contribution is 0.0598. The van der Waals surface area contributed by atoms with Crippen LogP contribution in [0.25, 0.3) is 0 Å². The van der Waals surface area contributed by atoms with Gasteiger partial charge in [0.15, 0.2) is 0 Å². The van der Waals surface area contributed by atoms with Gasteiger partial charge in [0.2, 0.25) is 10.0 Å². The fraction of sp³-hybridized carbons (Fsp3) is 0.318. The van der Waals surface area contributed by atoms with Crippen LogP contribution in [0.5, 0.6) is 5.75 Å². The molecule has 0 atom stereocenters. The lowest BCUT2D eigenvalue weighted by Crippen LogP contribution is -2.28. The summed E-state index contributed by atoms with van der Waals surface area (Å²) in [6.45, 7) is 0.846. The first-order valence-electron chi connectivity index (χ1n) is 10.0. The van der Waals surface area contributed by atoms with E-state index in [-0.39, 0.29) is 33.0 Å². The van der Waals surface area contributed by atoms with Crippen molar-refractivity contribution in [1.82, 2.24) is 4.31 Å². The maximum Gasteiger partial charge on any atom is 0.337 e. The van der Waals surface area contributed by atoms with Crippen molar-refractivity contribution in [2.24, 2.45) is 0 Å². The van der Waals surface area contributed by atoms with Crippen LogP contribution in [0.1, 0.15) is 43.9 Å². The molecule has 3 rings (SSSR count). The van der Waals surface area contributed by atoms with Gasteiger partial charge in [-0.15, -0.1) is 0 Å². The fourth-order valence-corrected chi connectivity index (χ4v) is 5.02. The molecule has 2 aromatic carbocycles. The number of anilines is 1. The molecule has 1 heterocycles. The van der Waals surface area contributed by atoms with E-state index in [0.717, 1.165) is 12.8 Å². The van der Waals surface area contributed by atoms with E-state index in [1.165, 1.54) is 62.0 Å². The Labute approximate surface area is 191 Å². The maximum atomic E-state index is 13.1. The molecule has 0 unspecified atom stereocenters. The number of rotatable bonds is 7. The zero-order chi connectivity index (χ0) is 24.2. The summed E-state index contributed by atoms with van der Waals surface area (Å²) in [6, 6.07) is 7.96.